The average molecular weight is 327 g/mol. The van der Waals surface area contributed by atoms with E-state index in [-0.39, 0.29) is 0 Å². The molecule has 3 nitrogen and oxygen atoms in total. The molecule has 1 aliphatic rings. The Kier molecular flexibility index (Phi) is 7.98. The van der Waals surface area contributed by atoms with Gasteiger partial charge in [0.15, 0.2) is 0 Å². The van der Waals surface area contributed by atoms with Gasteiger partial charge in [0.2, 0.25) is 0 Å². The van der Waals surface area contributed by atoms with Crippen molar-refractivity contribution < 1.29 is 0 Å². The number of fused-ring (bicyclic) bond motifs is 1. The maximum atomic E-state index is 4.45. The number of nitrogens with zero attached hydrogens (tertiary/aromatic N) is 1. The van der Waals surface area contributed by atoms with E-state index in [2.05, 4.69) is 40.6 Å². The molecular formula is C19H25N3S. The molecule has 122 valence electrons. The first-order valence-electron chi connectivity index (χ1n) is 7.90. The zero-order valence-electron chi connectivity index (χ0n) is 14.3. The standard InChI is InChI=1S/C15H13N3S.2C2H6/c1-3-10-11(4-2)17-14(16-10)9-15-18-12-7-5-6-8-13(12)19-15;2*1-2/h3-9,18H,1-2H2,(H,16,17);2*1-2H3. The van der Waals surface area contributed by atoms with Gasteiger partial charge in [-0.3, -0.25) is 0 Å². The number of hydrogen-bond acceptors (Lipinski definition) is 3. The van der Waals surface area contributed by atoms with Crippen molar-refractivity contribution in [1.29, 1.82) is 0 Å². The van der Waals surface area contributed by atoms with Crippen molar-refractivity contribution in [3.63, 3.8) is 0 Å². The van der Waals surface area contributed by atoms with E-state index >= 15 is 0 Å². The molecule has 0 radical (unpaired) electrons. The predicted molar refractivity (Wildman–Crippen MR) is 105 cm³/mol. The largest absolute Gasteiger partial charge is 0.349 e. The van der Waals surface area contributed by atoms with Gasteiger partial charge in [-0.2, -0.15) is 0 Å². The van der Waals surface area contributed by atoms with Crippen molar-refractivity contribution in [3.8, 4) is 0 Å². The van der Waals surface area contributed by atoms with Crippen molar-refractivity contribution in [2.24, 2.45) is 0 Å². The summed E-state index contributed by atoms with van der Waals surface area (Å²) in [5.41, 5.74) is 2.85. The summed E-state index contributed by atoms with van der Waals surface area (Å²) < 4.78 is 0. The maximum Gasteiger partial charge on any atom is 0.133 e. The van der Waals surface area contributed by atoms with E-state index < -0.39 is 0 Å². The number of imidazole rings is 1. The predicted octanol–water partition coefficient (Wildman–Crippen LogP) is 6.26. The average Bonchev–Trinajstić information content (AvgIpc) is 3.21. The summed E-state index contributed by atoms with van der Waals surface area (Å²) in [6.07, 6.45) is 5.46. The van der Waals surface area contributed by atoms with Crippen LogP contribution in [0.3, 0.4) is 0 Å². The van der Waals surface area contributed by atoms with E-state index in [0.717, 1.165) is 27.9 Å². The zero-order chi connectivity index (χ0) is 17.2. The Hall–Kier alpha value is -2.20. The molecule has 2 aromatic rings. The highest BCUT2D eigenvalue weighted by atomic mass is 32.2. The second-order valence-electron chi connectivity index (χ2n) is 4.06. The zero-order valence-corrected chi connectivity index (χ0v) is 15.1. The van der Waals surface area contributed by atoms with Crippen molar-refractivity contribution in [3.05, 3.63) is 59.7 Å². The van der Waals surface area contributed by atoms with Gasteiger partial charge in [0.25, 0.3) is 0 Å². The summed E-state index contributed by atoms with van der Waals surface area (Å²) in [7, 11) is 0. The summed E-state index contributed by atoms with van der Waals surface area (Å²) in [5.74, 6) is 0.799. The molecule has 2 heterocycles. The number of hydrogen-bond donors (Lipinski definition) is 2. The molecule has 0 atom stereocenters. The summed E-state index contributed by atoms with van der Waals surface area (Å²) in [6, 6.07) is 8.22. The lowest BCUT2D eigenvalue weighted by Gasteiger charge is -1.96. The van der Waals surface area contributed by atoms with E-state index in [1.54, 1.807) is 23.9 Å². The molecule has 1 aromatic heterocycles. The Balaban J connectivity index is 0.000000615. The fraction of sp³-hybridized carbons (Fsp3) is 0.211. The number of para-hydroxylation sites is 1. The summed E-state index contributed by atoms with van der Waals surface area (Å²) >= 11 is 1.70. The van der Waals surface area contributed by atoms with Crippen LogP contribution in [0, 0.1) is 0 Å². The Morgan fingerprint density at radius 2 is 1.74 bits per heavy atom. The number of benzene rings is 1. The molecule has 4 heteroatoms. The first-order chi connectivity index (χ1) is 11.3. The molecule has 0 saturated heterocycles. The highest BCUT2D eigenvalue weighted by Gasteiger charge is 2.15. The molecule has 3 rings (SSSR count). The Morgan fingerprint density at radius 3 is 2.30 bits per heavy atom. The molecule has 0 saturated carbocycles. The number of aromatic amines is 1. The second-order valence-corrected chi connectivity index (χ2v) is 5.14. The van der Waals surface area contributed by atoms with Gasteiger partial charge in [-0.15, -0.1) is 0 Å². The molecular weight excluding hydrogens is 302 g/mol. The van der Waals surface area contributed by atoms with Gasteiger partial charge in [0.05, 0.1) is 22.1 Å². The molecule has 0 unspecified atom stereocenters. The topological polar surface area (TPSA) is 40.7 Å². The lowest BCUT2D eigenvalue weighted by Crippen LogP contribution is -1.88. The molecule has 0 amide bonds. The molecule has 1 aliphatic heterocycles. The summed E-state index contributed by atoms with van der Waals surface area (Å²) in [6.45, 7) is 15.5. The van der Waals surface area contributed by atoms with Crippen molar-refractivity contribution >= 4 is 35.7 Å². The second kappa shape index (κ2) is 9.74. The molecule has 1 aromatic carbocycles. The third kappa shape index (κ3) is 4.63. The number of thioether (sulfide) groups is 1. The fourth-order valence-electron chi connectivity index (χ4n) is 1.92. The van der Waals surface area contributed by atoms with E-state index in [4.69, 9.17) is 0 Å². The smallest absolute Gasteiger partial charge is 0.133 e. The first-order valence-corrected chi connectivity index (χ1v) is 8.72. The van der Waals surface area contributed by atoms with Crippen LogP contribution < -0.4 is 5.32 Å². The number of nitrogens with one attached hydrogen (secondary N) is 2. The van der Waals surface area contributed by atoms with Gasteiger partial charge in [0, 0.05) is 11.0 Å². The van der Waals surface area contributed by atoms with Crippen LogP contribution in [0.2, 0.25) is 0 Å². The van der Waals surface area contributed by atoms with Crippen LogP contribution in [0.15, 0.2) is 47.3 Å². The van der Waals surface area contributed by atoms with Crippen molar-refractivity contribution in [2.45, 2.75) is 32.6 Å². The van der Waals surface area contributed by atoms with E-state index in [1.165, 1.54) is 4.90 Å². The normalized spacial score (nSPS) is 13.0. The van der Waals surface area contributed by atoms with Crippen LogP contribution >= 0.6 is 11.8 Å². The Morgan fingerprint density at radius 1 is 1.04 bits per heavy atom. The van der Waals surface area contributed by atoms with Crippen LogP contribution in [-0.4, -0.2) is 9.97 Å². The van der Waals surface area contributed by atoms with Gasteiger partial charge < -0.3 is 10.3 Å². The van der Waals surface area contributed by atoms with E-state index in [9.17, 15) is 0 Å². The van der Waals surface area contributed by atoms with Crippen LogP contribution in [0.25, 0.3) is 18.2 Å². The number of H-pyrrole nitrogens is 1. The number of rotatable bonds is 3. The SMILES string of the molecule is C=Cc1nc(C=C2Nc3ccccc3S2)[nH]c1C=C.CC.CC. The lowest BCUT2D eigenvalue weighted by atomic mass is 10.3. The lowest BCUT2D eigenvalue weighted by molar-refractivity contribution is 1.25. The highest BCUT2D eigenvalue weighted by molar-refractivity contribution is 8.03. The minimum atomic E-state index is 0.799. The third-order valence-corrected chi connectivity index (χ3v) is 3.83. The molecule has 0 fully saturated rings. The number of aromatic nitrogens is 2. The van der Waals surface area contributed by atoms with Crippen LogP contribution in [0.1, 0.15) is 44.9 Å². The Labute approximate surface area is 143 Å². The maximum absolute atomic E-state index is 4.45. The van der Waals surface area contributed by atoms with Gasteiger partial charge in [-0.05, 0) is 24.3 Å². The van der Waals surface area contributed by atoms with Gasteiger partial charge >= 0.3 is 0 Å². The van der Waals surface area contributed by atoms with Crippen molar-refractivity contribution in [1.82, 2.24) is 9.97 Å². The van der Waals surface area contributed by atoms with Gasteiger partial charge in [0.1, 0.15) is 5.82 Å². The van der Waals surface area contributed by atoms with Crippen LogP contribution in [0.4, 0.5) is 5.69 Å². The minimum Gasteiger partial charge on any atom is -0.349 e. The van der Waals surface area contributed by atoms with Gasteiger partial charge in [-0.25, -0.2) is 4.98 Å². The molecule has 0 spiro atoms. The van der Waals surface area contributed by atoms with Crippen LogP contribution in [-0.2, 0) is 0 Å². The molecule has 0 aliphatic carbocycles. The Bertz CT molecular complexity index is 631. The third-order valence-electron chi connectivity index (χ3n) is 2.81. The van der Waals surface area contributed by atoms with Crippen molar-refractivity contribution in [2.75, 3.05) is 5.32 Å². The number of anilines is 1. The fourth-order valence-corrected chi connectivity index (χ4v) is 2.87. The molecule has 2 N–H and O–H groups in total. The van der Waals surface area contributed by atoms with Gasteiger partial charge in [-0.1, -0.05) is 64.7 Å². The van der Waals surface area contributed by atoms with Crippen LogP contribution in [0.5, 0.6) is 0 Å². The van der Waals surface area contributed by atoms with E-state index in [1.807, 2.05) is 45.9 Å². The van der Waals surface area contributed by atoms with E-state index in [0.29, 0.717) is 0 Å². The molecule has 23 heavy (non-hydrogen) atoms. The first kappa shape index (κ1) is 18.8. The monoisotopic (exact) mass is 327 g/mol. The quantitative estimate of drug-likeness (QED) is 0.698. The summed E-state index contributed by atoms with van der Waals surface area (Å²) in [5, 5.41) is 4.42. The summed E-state index contributed by atoms with van der Waals surface area (Å²) in [4.78, 5) is 8.89. The molecule has 0 bridgehead atoms. The highest BCUT2D eigenvalue weighted by Crippen LogP contribution is 2.41. The minimum absolute atomic E-state index is 0.799.